The Morgan fingerprint density at radius 1 is 1.32 bits per heavy atom. The largest absolute Gasteiger partial charge is 0.496 e. The second kappa shape index (κ2) is 9.27. The molecule has 0 radical (unpaired) electrons. The molecule has 7 heteroatoms. The molecule has 0 fully saturated rings. The maximum atomic E-state index is 13.0. The van der Waals surface area contributed by atoms with Crippen LogP contribution in [0.1, 0.15) is 23.2 Å². The molecule has 0 aliphatic carbocycles. The zero-order valence-electron chi connectivity index (χ0n) is 14.3. The standard InChI is InChI=1S/C18H22N2O4S/c1-23-15-8-4-3-7-13(15)17(21)20-11-6-5-9-16(20)19-14(10-12-25)18(22)24-2/h3-5,7-9,14,25H,6,10-12H2,1-2H3/t14-/m0/s1. The number of amidine groups is 1. The number of hydrogen-bond acceptors (Lipinski definition) is 6. The fourth-order valence-corrected chi connectivity index (χ4v) is 2.78. The molecule has 0 bridgehead atoms. The van der Waals surface area contributed by atoms with Crippen LogP contribution in [-0.2, 0) is 9.53 Å². The summed E-state index contributed by atoms with van der Waals surface area (Å²) in [6.07, 6.45) is 4.84. The highest BCUT2D eigenvalue weighted by Gasteiger charge is 2.26. The first-order chi connectivity index (χ1) is 12.1. The highest BCUT2D eigenvalue weighted by molar-refractivity contribution is 7.80. The number of benzene rings is 1. The van der Waals surface area contributed by atoms with Crippen LogP contribution in [0.15, 0.2) is 41.4 Å². The van der Waals surface area contributed by atoms with Crippen LogP contribution >= 0.6 is 12.6 Å². The van der Waals surface area contributed by atoms with Gasteiger partial charge >= 0.3 is 5.97 Å². The van der Waals surface area contributed by atoms with Crippen LogP contribution in [0.3, 0.4) is 0 Å². The van der Waals surface area contributed by atoms with Crippen molar-refractivity contribution in [2.45, 2.75) is 18.9 Å². The summed E-state index contributed by atoms with van der Waals surface area (Å²) in [5.41, 5.74) is 0.455. The van der Waals surface area contributed by atoms with Crippen molar-refractivity contribution in [3.05, 3.63) is 42.0 Å². The number of rotatable bonds is 6. The fourth-order valence-electron chi connectivity index (χ4n) is 2.54. The van der Waals surface area contributed by atoms with Crippen LogP contribution < -0.4 is 4.74 Å². The Morgan fingerprint density at radius 2 is 2.08 bits per heavy atom. The van der Waals surface area contributed by atoms with Crippen molar-refractivity contribution in [2.24, 2.45) is 4.99 Å². The van der Waals surface area contributed by atoms with E-state index in [4.69, 9.17) is 9.47 Å². The van der Waals surface area contributed by atoms with E-state index in [1.165, 1.54) is 14.2 Å². The van der Waals surface area contributed by atoms with Gasteiger partial charge in [-0.2, -0.15) is 12.6 Å². The predicted molar refractivity (Wildman–Crippen MR) is 99.5 cm³/mol. The van der Waals surface area contributed by atoms with Gasteiger partial charge in [0.25, 0.3) is 5.91 Å². The van der Waals surface area contributed by atoms with Crippen molar-refractivity contribution in [1.29, 1.82) is 0 Å². The van der Waals surface area contributed by atoms with E-state index in [0.717, 1.165) is 6.42 Å². The van der Waals surface area contributed by atoms with E-state index in [-0.39, 0.29) is 5.91 Å². The number of methoxy groups -OCH3 is 2. The minimum atomic E-state index is -0.687. The summed E-state index contributed by atoms with van der Waals surface area (Å²) in [6, 6.07) is 6.35. The molecular formula is C18H22N2O4S. The van der Waals surface area contributed by atoms with Crippen molar-refractivity contribution in [1.82, 2.24) is 4.90 Å². The van der Waals surface area contributed by atoms with Crippen molar-refractivity contribution in [3.63, 3.8) is 0 Å². The fraction of sp³-hybridized carbons (Fsp3) is 0.389. The van der Waals surface area contributed by atoms with Gasteiger partial charge in [-0.3, -0.25) is 14.7 Å². The van der Waals surface area contributed by atoms with E-state index in [1.807, 2.05) is 6.08 Å². The van der Waals surface area contributed by atoms with Crippen molar-refractivity contribution >= 4 is 30.3 Å². The van der Waals surface area contributed by atoms with Gasteiger partial charge in [0, 0.05) is 6.54 Å². The third kappa shape index (κ3) is 4.63. The first kappa shape index (κ1) is 19.1. The molecule has 0 saturated heterocycles. The third-order valence-electron chi connectivity index (χ3n) is 3.81. The number of nitrogens with zero attached hydrogens (tertiary/aromatic N) is 2. The Morgan fingerprint density at radius 3 is 2.76 bits per heavy atom. The number of ether oxygens (including phenoxy) is 2. The van der Waals surface area contributed by atoms with E-state index < -0.39 is 12.0 Å². The highest BCUT2D eigenvalue weighted by Crippen LogP contribution is 2.21. The minimum absolute atomic E-state index is 0.213. The number of hydrogen-bond donors (Lipinski definition) is 1. The molecule has 1 aliphatic rings. The lowest BCUT2D eigenvalue weighted by Crippen LogP contribution is -2.40. The van der Waals surface area contributed by atoms with Crippen LogP contribution in [0.25, 0.3) is 0 Å². The molecule has 0 unspecified atom stereocenters. The zero-order valence-corrected chi connectivity index (χ0v) is 15.2. The number of thiol groups is 1. The smallest absolute Gasteiger partial charge is 0.330 e. The van der Waals surface area contributed by atoms with Crippen LogP contribution in [0, 0.1) is 0 Å². The Hall–Kier alpha value is -2.28. The number of aliphatic imine (C=N–C) groups is 1. The van der Waals surface area contributed by atoms with Gasteiger partial charge in [-0.25, -0.2) is 4.79 Å². The average Bonchev–Trinajstić information content (AvgIpc) is 2.66. The SMILES string of the molecule is COC(=O)[C@H](CCS)N=C1C=CCCN1C(=O)c1ccccc1OC. The van der Waals surface area contributed by atoms with Crippen molar-refractivity contribution in [3.8, 4) is 5.75 Å². The molecule has 1 aromatic rings. The molecule has 0 spiro atoms. The molecule has 6 nitrogen and oxygen atoms in total. The zero-order chi connectivity index (χ0) is 18.2. The Balaban J connectivity index is 2.35. The summed E-state index contributed by atoms with van der Waals surface area (Å²) in [6.45, 7) is 0.487. The number of para-hydroxylation sites is 1. The summed E-state index contributed by atoms with van der Waals surface area (Å²) in [5.74, 6) is 0.779. The molecule has 25 heavy (non-hydrogen) atoms. The quantitative estimate of drug-likeness (QED) is 0.623. The lowest BCUT2D eigenvalue weighted by atomic mass is 10.1. The number of carbonyl (C=O) groups excluding carboxylic acids is 2. The monoisotopic (exact) mass is 362 g/mol. The lowest BCUT2D eigenvalue weighted by Gasteiger charge is -2.26. The van der Waals surface area contributed by atoms with E-state index >= 15 is 0 Å². The molecular weight excluding hydrogens is 340 g/mol. The molecule has 0 N–H and O–H groups in total. The van der Waals surface area contributed by atoms with Crippen LogP contribution in [0.2, 0.25) is 0 Å². The lowest BCUT2D eigenvalue weighted by molar-refractivity contribution is -0.142. The summed E-state index contributed by atoms with van der Waals surface area (Å²) in [5, 5.41) is 0. The molecule has 1 aliphatic heterocycles. The van der Waals surface area contributed by atoms with Crippen LogP contribution in [0.4, 0.5) is 0 Å². The van der Waals surface area contributed by atoms with Gasteiger partial charge in [-0.1, -0.05) is 18.2 Å². The molecule has 1 aromatic carbocycles. The molecule has 1 heterocycles. The summed E-state index contributed by atoms with van der Waals surface area (Å²) in [4.78, 5) is 30.9. The highest BCUT2D eigenvalue weighted by atomic mass is 32.1. The normalized spacial score (nSPS) is 16.6. The summed E-state index contributed by atoms with van der Waals surface area (Å²) in [7, 11) is 2.85. The van der Waals surface area contributed by atoms with Crippen molar-refractivity contribution < 1.29 is 19.1 Å². The van der Waals surface area contributed by atoms with Gasteiger partial charge in [-0.05, 0) is 36.8 Å². The van der Waals surface area contributed by atoms with Gasteiger partial charge in [0.05, 0.1) is 19.8 Å². The molecule has 2 rings (SSSR count). The van der Waals surface area contributed by atoms with Crippen LogP contribution in [0.5, 0.6) is 5.75 Å². The first-order valence-corrected chi connectivity index (χ1v) is 8.63. The number of esters is 1. The van der Waals surface area contributed by atoms with Gasteiger partial charge in [0.2, 0.25) is 0 Å². The maximum absolute atomic E-state index is 13.0. The number of carbonyl (C=O) groups is 2. The second-order valence-corrected chi connectivity index (χ2v) is 5.83. The minimum Gasteiger partial charge on any atom is -0.496 e. The van der Waals surface area contributed by atoms with Gasteiger partial charge in [0.1, 0.15) is 11.6 Å². The second-order valence-electron chi connectivity index (χ2n) is 5.39. The summed E-state index contributed by atoms with van der Waals surface area (Å²) >= 11 is 4.17. The summed E-state index contributed by atoms with van der Waals surface area (Å²) < 4.78 is 10.1. The van der Waals surface area contributed by atoms with Gasteiger partial charge in [-0.15, -0.1) is 0 Å². The molecule has 1 atom stereocenters. The Kier molecular flexibility index (Phi) is 7.06. The van der Waals surface area contributed by atoms with Gasteiger partial charge in [0.15, 0.2) is 6.04 Å². The topological polar surface area (TPSA) is 68.2 Å². The van der Waals surface area contributed by atoms with E-state index in [9.17, 15) is 9.59 Å². The Labute approximate surface area is 152 Å². The number of amides is 1. The average molecular weight is 362 g/mol. The van der Waals surface area contributed by atoms with E-state index in [0.29, 0.717) is 35.9 Å². The van der Waals surface area contributed by atoms with Crippen LogP contribution in [-0.4, -0.2) is 55.2 Å². The molecule has 0 aromatic heterocycles. The first-order valence-electron chi connectivity index (χ1n) is 8.00. The van der Waals surface area contributed by atoms with E-state index in [2.05, 4.69) is 17.6 Å². The maximum Gasteiger partial charge on any atom is 0.330 e. The Bertz CT molecular complexity index is 687. The van der Waals surface area contributed by atoms with Gasteiger partial charge < -0.3 is 9.47 Å². The third-order valence-corrected chi connectivity index (χ3v) is 4.07. The molecule has 0 saturated carbocycles. The van der Waals surface area contributed by atoms with E-state index in [1.54, 1.807) is 35.2 Å². The molecule has 1 amide bonds. The molecule has 134 valence electrons. The van der Waals surface area contributed by atoms with Crippen molar-refractivity contribution in [2.75, 3.05) is 26.5 Å². The predicted octanol–water partition coefficient (Wildman–Crippen LogP) is 2.36.